The van der Waals surface area contributed by atoms with Gasteiger partial charge >= 0.3 is 5.97 Å². The normalized spacial score (nSPS) is 12.0. The van der Waals surface area contributed by atoms with Crippen molar-refractivity contribution < 1.29 is 19.1 Å². The summed E-state index contributed by atoms with van der Waals surface area (Å²) < 4.78 is 12.7. The first kappa shape index (κ1) is 25.8. The topological polar surface area (TPSA) is 95.3 Å². The van der Waals surface area contributed by atoms with Crippen LogP contribution in [0.25, 0.3) is 0 Å². The summed E-state index contributed by atoms with van der Waals surface area (Å²) in [6.07, 6.45) is -0.315. The minimum Gasteiger partial charge on any atom is -0.483 e. The molecule has 3 rings (SSSR count). The SMILES string of the molecule is COC(=O)c1c(NC(=O)CSc2nnc(C(C)Oc3ccc(C(C)C)cc3)n2C)sc(C)c1C. The van der Waals surface area contributed by atoms with E-state index < -0.39 is 5.97 Å². The number of aryl methyl sites for hydroxylation is 1. The maximum absolute atomic E-state index is 12.6. The lowest BCUT2D eigenvalue weighted by molar-refractivity contribution is -0.113. The summed E-state index contributed by atoms with van der Waals surface area (Å²) in [4.78, 5) is 25.6. The van der Waals surface area contributed by atoms with Crippen molar-refractivity contribution in [2.24, 2.45) is 7.05 Å². The number of thiophene rings is 1. The molecule has 0 saturated carbocycles. The summed E-state index contributed by atoms with van der Waals surface area (Å²) in [6, 6.07) is 8.04. The molecule has 3 aromatic rings. The Morgan fingerprint density at radius 2 is 1.82 bits per heavy atom. The highest BCUT2D eigenvalue weighted by Gasteiger charge is 2.22. The zero-order valence-electron chi connectivity index (χ0n) is 20.5. The van der Waals surface area contributed by atoms with Gasteiger partial charge in [0.1, 0.15) is 10.8 Å². The summed E-state index contributed by atoms with van der Waals surface area (Å²) >= 11 is 2.62. The lowest BCUT2D eigenvalue weighted by Crippen LogP contribution is -2.16. The van der Waals surface area contributed by atoms with Gasteiger partial charge in [-0.3, -0.25) is 4.79 Å². The standard InChI is InChI=1S/C24H30N4O4S2/c1-13(2)17-8-10-18(11-9-17)32-15(4)21-26-27-24(28(21)6)33-12-19(29)25-22-20(23(30)31-7)14(3)16(5)34-22/h8-11,13,15H,12H2,1-7H3,(H,25,29). The Morgan fingerprint density at radius 1 is 1.15 bits per heavy atom. The van der Waals surface area contributed by atoms with Gasteiger partial charge in [0.05, 0.1) is 18.4 Å². The highest BCUT2D eigenvalue weighted by atomic mass is 32.2. The quantitative estimate of drug-likeness (QED) is 0.314. The summed E-state index contributed by atoms with van der Waals surface area (Å²) in [7, 11) is 3.17. The van der Waals surface area contributed by atoms with Gasteiger partial charge in [-0.1, -0.05) is 37.7 Å². The molecule has 0 aliphatic heterocycles. The van der Waals surface area contributed by atoms with Crippen LogP contribution in [0, 0.1) is 13.8 Å². The van der Waals surface area contributed by atoms with Crippen molar-refractivity contribution >= 4 is 40.0 Å². The predicted molar refractivity (Wildman–Crippen MR) is 135 cm³/mol. The zero-order chi connectivity index (χ0) is 25.0. The Labute approximate surface area is 208 Å². The Hall–Kier alpha value is -2.85. The van der Waals surface area contributed by atoms with E-state index in [1.54, 1.807) is 0 Å². The fourth-order valence-corrected chi connectivity index (χ4v) is 5.13. The fraction of sp³-hybridized carbons (Fsp3) is 0.417. The fourth-order valence-electron chi connectivity index (χ4n) is 3.35. The smallest absolute Gasteiger partial charge is 0.341 e. The van der Waals surface area contributed by atoms with Gasteiger partial charge in [0.15, 0.2) is 17.1 Å². The summed E-state index contributed by atoms with van der Waals surface area (Å²) in [5.74, 6) is 1.30. The van der Waals surface area contributed by atoms with Crippen molar-refractivity contribution in [2.75, 3.05) is 18.2 Å². The zero-order valence-corrected chi connectivity index (χ0v) is 22.1. The molecular weight excluding hydrogens is 472 g/mol. The molecule has 0 aliphatic rings. The minimum absolute atomic E-state index is 0.120. The van der Waals surface area contributed by atoms with Crippen LogP contribution in [0.4, 0.5) is 5.00 Å². The van der Waals surface area contributed by atoms with Crippen LogP contribution in [0.3, 0.4) is 0 Å². The van der Waals surface area contributed by atoms with Gasteiger partial charge < -0.3 is 19.4 Å². The third-order valence-electron chi connectivity index (χ3n) is 5.45. The molecular formula is C24H30N4O4S2. The summed E-state index contributed by atoms with van der Waals surface area (Å²) in [5, 5.41) is 12.4. The van der Waals surface area contributed by atoms with Crippen LogP contribution in [0.2, 0.25) is 0 Å². The van der Waals surface area contributed by atoms with Gasteiger partial charge in [-0.25, -0.2) is 4.79 Å². The van der Waals surface area contributed by atoms with Crippen molar-refractivity contribution in [3.05, 3.63) is 51.7 Å². The van der Waals surface area contributed by atoms with E-state index in [9.17, 15) is 9.59 Å². The van der Waals surface area contributed by atoms with Gasteiger partial charge in [-0.05, 0) is 49.9 Å². The van der Waals surface area contributed by atoms with Crippen molar-refractivity contribution in [2.45, 2.75) is 51.8 Å². The molecule has 182 valence electrons. The van der Waals surface area contributed by atoms with E-state index >= 15 is 0 Å². The van der Waals surface area contributed by atoms with E-state index in [-0.39, 0.29) is 17.8 Å². The van der Waals surface area contributed by atoms with E-state index in [4.69, 9.17) is 9.47 Å². The molecule has 0 fully saturated rings. The maximum atomic E-state index is 12.6. The number of methoxy groups -OCH3 is 1. The molecule has 2 aromatic heterocycles. The third-order valence-corrected chi connectivity index (χ3v) is 7.59. The first-order chi connectivity index (χ1) is 16.1. The molecule has 1 N–H and O–H groups in total. The number of nitrogens with one attached hydrogen (secondary N) is 1. The molecule has 0 saturated heterocycles. The van der Waals surface area contributed by atoms with E-state index in [0.29, 0.717) is 27.5 Å². The van der Waals surface area contributed by atoms with Crippen LogP contribution >= 0.6 is 23.1 Å². The number of benzene rings is 1. The molecule has 0 aliphatic carbocycles. The van der Waals surface area contributed by atoms with E-state index in [0.717, 1.165) is 16.2 Å². The van der Waals surface area contributed by atoms with Crippen molar-refractivity contribution in [3.8, 4) is 5.75 Å². The van der Waals surface area contributed by atoms with E-state index in [1.165, 1.54) is 35.8 Å². The molecule has 0 radical (unpaired) electrons. The number of ether oxygens (including phenoxy) is 2. The van der Waals surface area contributed by atoms with Crippen LogP contribution in [0.15, 0.2) is 29.4 Å². The predicted octanol–water partition coefficient (Wildman–Crippen LogP) is 5.27. The second-order valence-corrected chi connectivity index (χ2v) is 10.4. The molecule has 2 heterocycles. The Balaban J connectivity index is 1.62. The molecule has 1 aromatic carbocycles. The van der Waals surface area contributed by atoms with Crippen LogP contribution in [-0.2, 0) is 16.6 Å². The van der Waals surface area contributed by atoms with Gasteiger partial charge in [-0.2, -0.15) is 0 Å². The number of thioether (sulfide) groups is 1. The summed E-state index contributed by atoms with van der Waals surface area (Å²) in [6.45, 7) is 9.96. The first-order valence-electron chi connectivity index (χ1n) is 10.9. The Bertz CT molecular complexity index is 1170. The molecule has 34 heavy (non-hydrogen) atoms. The number of anilines is 1. The Kier molecular flexibility index (Phi) is 8.37. The maximum Gasteiger partial charge on any atom is 0.341 e. The number of amides is 1. The average molecular weight is 503 g/mol. The number of hydrogen-bond donors (Lipinski definition) is 1. The number of hydrogen-bond acceptors (Lipinski definition) is 8. The number of carbonyl (C=O) groups is 2. The van der Waals surface area contributed by atoms with Crippen molar-refractivity contribution in [1.82, 2.24) is 14.8 Å². The lowest BCUT2D eigenvalue weighted by atomic mass is 10.0. The van der Waals surface area contributed by atoms with Crippen LogP contribution in [0.5, 0.6) is 5.75 Å². The highest BCUT2D eigenvalue weighted by Crippen LogP contribution is 2.33. The number of nitrogens with zero attached hydrogens (tertiary/aromatic N) is 3. The van der Waals surface area contributed by atoms with E-state index in [2.05, 4.69) is 41.5 Å². The van der Waals surface area contributed by atoms with Gasteiger partial charge in [0.2, 0.25) is 5.91 Å². The number of aromatic nitrogens is 3. The van der Waals surface area contributed by atoms with Crippen LogP contribution < -0.4 is 10.1 Å². The largest absolute Gasteiger partial charge is 0.483 e. The highest BCUT2D eigenvalue weighted by molar-refractivity contribution is 7.99. The molecule has 1 amide bonds. The second-order valence-electron chi connectivity index (χ2n) is 8.20. The second kappa shape index (κ2) is 11.1. The minimum atomic E-state index is -0.462. The van der Waals surface area contributed by atoms with Crippen molar-refractivity contribution in [1.29, 1.82) is 0 Å². The molecule has 10 heteroatoms. The third kappa shape index (κ3) is 5.79. The molecule has 0 spiro atoms. The van der Waals surface area contributed by atoms with Gasteiger partial charge in [0.25, 0.3) is 0 Å². The van der Waals surface area contributed by atoms with Crippen LogP contribution in [0.1, 0.15) is 65.0 Å². The number of rotatable bonds is 9. The molecule has 1 unspecified atom stereocenters. The lowest BCUT2D eigenvalue weighted by Gasteiger charge is -2.15. The number of carbonyl (C=O) groups excluding carboxylic acids is 2. The average Bonchev–Trinajstić information content (AvgIpc) is 3.30. The van der Waals surface area contributed by atoms with E-state index in [1.807, 2.05) is 44.5 Å². The molecule has 1 atom stereocenters. The number of esters is 1. The Morgan fingerprint density at radius 3 is 2.44 bits per heavy atom. The summed E-state index contributed by atoms with van der Waals surface area (Å²) in [5.41, 5.74) is 2.46. The van der Waals surface area contributed by atoms with Crippen molar-refractivity contribution in [3.63, 3.8) is 0 Å². The first-order valence-corrected chi connectivity index (χ1v) is 12.7. The van der Waals surface area contributed by atoms with Crippen LogP contribution in [-0.4, -0.2) is 39.5 Å². The van der Waals surface area contributed by atoms with Gasteiger partial charge in [0, 0.05) is 11.9 Å². The molecule has 0 bridgehead atoms. The van der Waals surface area contributed by atoms with Gasteiger partial charge in [-0.15, -0.1) is 21.5 Å². The molecule has 8 nitrogen and oxygen atoms in total. The monoisotopic (exact) mass is 502 g/mol.